The van der Waals surface area contributed by atoms with E-state index < -0.39 is 18.6 Å². The summed E-state index contributed by atoms with van der Waals surface area (Å²) in [7, 11) is 1.52. The predicted octanol–water partition coefficient (Wildman–Crippen LogP) is 4.47. The molecule has 12 heteroatoms. The first-order valence-electron chi connectivity index (χ1n) is 13.4. The largest absolute Gasteiger partial charge is 0.496 e. The van der Waals surface area contributed by atoms with E-state index in [1.807, 2.05) is 11.0 Å². The summed E-state index contributed by atoms with van der Waals surface area (Å²) >= 11 is 1.40. The first kappa shape index (κ1) is 27.9. The second kappa shape index (κ2) is 12.3. The molecule has 10 nitrogen and oxygen atoms in total. The Morgan fingerprint density at radius 1 is 1.18 bits per heavy atom. The van der Waals surface area contributed by atoms with E-state index in [9.17, 15) is 19.1 Å². The summed E-state index contributed by atoms with van der Waals surface area (Å²) in [4.78, 5) is 43.0. The van der Waals surface area contributed by atoms with Crippen LogP contribution >= 0.6 is 11.3 Å². The minimum atomic E-state index is -0.768. The number of methoxy groups -OCH3 is 1. The molecule has 2 N–H and O–H groups in total. The van der Waals surface area contributed by atoms with Crippen molar-refractivity contribution in [3.63, 3.8) is 0 Å². The number of anilines is 2. The van der Waals surface area contributed by atoms with Crippen LogP contribution in [-0.2, 0) is 18.0 Å². The molecule has 212 valence electrons. The SMILES string of the molecule is COc1ccc(-c2nc(NC(=O)c3cnc(N4CCC(C(=O)O)CC4)cn3)sc2CN2CC[C@H](C)C2)cc1CF. The van der Waals surface area contributed by atoms with Gasteiger partial charge in [-0.25, -0.2) is 19.3 Å². The summed E-state index contributed by atoms with van der Waals surface area (Å²) in [5, 5.41) is 12.5. The Bertz CT molecular complexity index is 1360. The zero-order chi connectivity index (χ0) is 28.2. The second-order valence-electron chi connectivity index (χ2n) is 10.4. The minimum Gasteiger partial charge on any atom is -0.496 e. The van der Waals surface area contributed by atoms with E-state index in [2.05, 4.69) is 27.1 Å². The molecule has 2 saturated heterocycles. The maximum absolute atomic E-state index is 13.7. The predicted molar refractivity (Wildman–Crippen MR) is 151 cm³/mol. The number of carboxylic acid groups (broad SMARTS) is 1. The number of amides is 1. The van der Waals surface area contributed by atoms with Crippen LogP contribution in [0.15, 0.2) is 30.6 Å². The first-order chi connectivity index (χ1) is 19.3. The number of benzene rings is 1. The number of hydrogen-bond donors (Lipinski definition) is 2. The van der Waals surface area contributed by atoms with E-state index in [4.69, 9.17) is 9.72 Å². The molecule has 0 saturated carbocycles. The number of hydrogen-bond acceptors (Lipinski definition) is 9. The summed E-state index contributed by atoms with van der Waals surface area (Å²) in [5.74, 6) is 0.193. The van der Waals surface area contributed by atoms with Crippen molar-refractivity contribution in [3.05, 3.63) is 46.7 Å². The highest BCUT2D eigenvalue weighted by molar-refractivity contribution is 7.16. The lowest BCUT2D eigenvalue weighted by Crippen LogP contribution is -2.36. The van der Waals surface area contributed by atoms with Gasteiger partial charge in [0.25, 0.3) is 5.91 Å². The average Bonchev–Trinajstić information content (AvgIpc) is 3.57. The van der Waals surface area contributed by atoms with Gasteiger partial charge in [-0.3, -0.25) is 19.8 Å². The Kier molecular flexibility index (Phi) is 8.55. The molecule has 1 aromatic carbocycles. The molecule has 2 aromatic heterocycles. The molecule has 0 radical (unpaired) electrons. The number of piperidine rings is 1. The Morgan fingerprint density at radius 2 is 1.98 bits per heavy atom. The monoisotopic (exact) mass is 568 g/mol. The number of thiazole rings is 1. The van der Waals surface area contributed by atoms with Crippen molar-refractivity contribution >= 4 is 34.2 Å². The van der Waals surface area contributed by atoms with Gasteiger partial charge in [0.2, 0.25) is 0 Å². The molecule has 5 rings (SSSR count). The topological polar surface area (TPSA) is 121 Å². The van der Waals surface area contributed by atoms with Gasteiger partial charge in [-0.2, -0.15) is 0 Å². The summed E-state index contributed by atoms with van der Waals surface area (Å²) in [6, 6.07) is 5.35. The molecule has 4 heterocycles. The van der Waals surface area contributed by atoms with Gasteiger partial charge in [0.15, 0.2) is 5.13 Å². The summed E-state index contributed by atoms with van der Waals surface area (Å²) in [6.07, 6.45) is 5.19. The van der Waals surface area contributed by atoms with E-state index in [0.29, 0.717) is 66.4 Å². The maximum Gasteiger partial charge on any atom is 0.306 e. The van der Waals surface area contributed by atoms with Crippen molar-refractivity contribution < 1.29 is 23.8 Å². The van der Waals surface area contributed by atoms with Gasteiger partial charge < -0.3 is 14.7 Å². The molecule has 3 aromatic rings. The number of aromatic nitrogens is 3. The number of rotatable bonds is 9. The van der Waals surface area contributed by atoms with Crippen LogP contribution in [0, 0.1) is 11.8 Å². The number of carboxylic acids is 1. The highest BCUT2D eigenvalue weighted by Crippen LogP contribution is 2.36. The quantitative estimate of drug-likeness (QED) is 0.385. The Morgan fingerprint density at radius 3 is 2.60 bits per heavy atom. The molecule has 2 aliphatic heterocycles. The average molecular weight is 569 g/mol. The number of halogens is 1. The van der Waals surface area contributed by atoms with Crippen LogP contribution in [-0.4, -0.2) is 70.1 Å². The third-order valence-electron chi connectivity index (χ3n) is 7.53. The van der Waals surface area contributed by atoms with Crippen LogP contribution in [0.5, 0.6) is 5.75 Å². The van der Waals surface area contributed by atoms with E-state index in [1.165, 1.54) is 24.6 Å². The standard InChI is InChI=1S/C28H33FN6O4S/c1-17-5-8-34(15-17)16-23-25(19-3-4-22(39-2)20(11-19)12-29)32-28(40-23)33-26(36)21-13-31-24(14-30-21)35-9-6-18(7-10-35)27(37)38/h3-4,11,13-14,17-18H,5-10,12,15-16H2,1-2H3,(H,37,38)(H,32,33,36)/t17-/m0/s1. The van der Waals surface area contributed by atoms with Gasteiger partial charge in [0, 0.05) is 42.2 Å². The molecule has 1 atom stereocenters. The lowest BCUT2D eigenvalue weighted by atomic mass is 9.97. The molecule has 0 aliphatic carbocycles. The van der Waals surface area contributed by atoms with E-state index >= 15 is 0 Å². The molecule has 0 spiro atoms. The molecule has 0 bridgehead atoms. The zero-order valence-corrected chi connectivity index (χ0v) is 23.4. The highest BCUT2D eigenvalue weighted by Gasteiger charge is 2.26. The molecular formula is C28H33FN6O4S. The number of aliphatic carboxylic acids is 1. The molecule has 2 fully saturated rings. The third-order valence-corrected chi connectivity index (χ3v) is 8.49. The van der Waals surface area contributed by atoms with Crippen LogP contribution < -0.4 is 15.0 Å². The van der Waals surface area contributed by atoms with Crippen LogP contribution in [0.1, 0.15) is 47.1 Å². The van der Waals surface area contributed by atoms with Crippen LogP contribution in [0.4, 0.5) is 15.3 Å². The minimum absolute atomic E-state index is 0.153. The second-order valence-corrected chi connectivity index (χ2v) is 11.5. The van der Waals surface area contributed by atoms with Crippen LogP contribution in [0.25, 0.3) is 11.3 Å². The smallest absolute Gasteiger partial charge is 0.306 e. The summed E-state index contributed by atoms with van der Waals surface area (Å²) in [5.41, 5.74) is 2.08. The maximum atomic E-state index is 13.7. The van der Waals surface area contributed by atoms with E-state index in [1.54, 1.807) is 18.3 Å². The number of carbonyl (C=O) groups is 2. The van der Waals surface area contributed by atoms with Crippen molar-refractivity contribution in [2.75, 3.05) is 43.5 Å². The van der Waals surface area contributed by atoms with Gasteiger partial charge in [0.1, 0.15) is 23.9 Å². The fourth-order valence-electron chi connectivity index (χ4n) is 5.26. The van der Waals surface area contributed by atoms with Gasteiger partial charge in [-0.05, 0) is 49.9 Å². The van der Waals surface area contributed by atoms with Gasteiger partial charge in [-0.15, -0.1) is 0 Å². The van der Waals surface area contributed by atoms with E-state index in [-0.39, 0.29) is 11.6 Å². The lowest BCUT2D eigenvalue weighted by molar-refractivity contribution is -0.142. The number of nitrogens with zero attached hydrogens (tertiary/aromatic N) is 5. The molecule has 1 amide bonds. The van der Waals surface area contributed by atoms with Gasteiger partial charge in [-0.1, -0.05) is 18.3 Å². The van der Waals surface area contributed by atoms with E-state index in [0.717, 1.165) is 30.0 Å². The molecular weight excluding hydrogens is 535 g/mol. The number of likely N-dealkylation sites (tertiary alicyclic amines) is 1. The number of nitrogens with one attached hydrogen (secondary N) is 1. The van der Waals surface area contributed by atoms with Crippen molar-refractivity contribution in [2.45, 2.75) is 39.4 Å². The molecule has 2 aliphatic rings. The van der Waals surface area contributed by atoms with Crippen LogP contribution in [0.3, 0.4) is 0 Å². The lowest BCUT2D eigenvalue weighted by Gasteiger charge is -2.30. The van der Waals surface area contributed by atoms with Gasteiger partial charge >= 0.3 is 5.97 Å². The number of carbonyl (C=O) groups excluding carboxylic acids is 1. The summed E-state index contributed by atoms with van der Waals surface area (Å²) in [6.45, 7) is 5.41. The van der Waals surface area contributed by atoms with Crippen molar-refractivity contribution in [1.82, 2.24) is 19.9 Å². The number of alkyl halides is 1. The van der Waals surface area contributed by atoms with Gasteiger partial charge in [0.05, 0.1) is 31.1 Å². The summed E-state index contributed by atoms with van der Waals surface area (Å²) < 4.78 is 19.0. The highest BCUT2D eigenvalue weighted by atomic mass is 32.1. The van der Waals surface area contributed by atoms with Crippen molar-refractivity contribution in [1.29, 1.82) is 0 Å². The molecule has 40 heavy (non-hydrogen) atoms. The first-order valence-corrected chi connectivity index (χ1v) is 14.2. The van der Waals surface area contributed by atoms with Crippen LogP contribution in [0.2, 0.25) is 0 Å². The number of ether oxygens (including phenoxy) is 1. The normalized spacial score (nSPS) is 18.2. The Balaban J connectivity index is 1.33. The Labute approximate surface area is 236 Å². The van der Waals surface area contributed by atoms with Crippen molar-refractivity contribution in [2.24, 2.45) is 11.8 Å². The Hall–Kier alpha value is -3.64. The third kappa shape index (κ3) is 6.23. The zero-order valence-electron chi connectivity index (χ0n) is 22.6. The molecule has 0 unspecified atom stereocenters. The fourth-order valence-corrected chi connectivity index (χ4v) is 6.28. The van der Waals surface area contributed by atoms with Crippen molar-refractivity contribution in [3.8, 4) is 17.0 Å². The fraction of sp³-hybridized carbons (Fsp3) is 0.464.